The topological polar surface area (TPSA) is 56.4 Å². The molecule has 0 atom stereocenters. The number of carbonyl (C=O) groups is 2. The Balaban J connectivity index is 1.50. The van der Waals surface area contributed by atoms with Crippen LogP contribution in [0.25, 0.3) is 10.9 Å². The van der Waals surface area contributed by atoms with Gasteiger partial charge in [-0.2, -0.15) is 0 Å². The Labute approximate surface area is 177 Å². The van der Waals surface area contributed by atoms with E-state index in [4.69, 9.17) is 0 Å². The minimum absolute atomic E-state index is 0.0116. The predicted octanol–water partition coefficient (Wildman–Crippen LogP) is 4.06. The van der Waals surface area contributed by atoms with Gasteiger partial charge in [-0.25, -0.2) is 0 Å². The molecule has 1 aliphatic carbocycles. The van der Waals surface area contributed by atoms with Gasteiger partial charge >= 0.3 is 0 Å². The fourth-order valence-electron chi connectivity index (χ4n) is 3.93. The molecule has 30 heavy (non-hydrogen) atoms. The molecule has 0 saturated heterocycles. The molecule has 5 nitrogen and oxygen atoms in total. The molecule has 0 unspecified atom stereocenters. The molecular formula is C25H29N3O2. The van der Waals surface area contributed by atoms with Crippen LogP contribution in [-0.4, -0.2) is 45.7 Å². The highest BCUT2D eigenvalue weighted by Gasteiger charge is 2.33. The summed E-state index contributed by atoms with van der Waals surface area (Å²) in [5.41, 5.74) is 4.62. The molecular weight excluding hydrogens is 374 g/mol. The van der Waals surface area contributed by atoms with Gasteiger partial charge in [-0.15, -0.1) is 0 Å². The fourth-order valence-corrected chi connectivity index (χ4v) is 3.93. The zero-order valence-corrected chi connectivity index (χ0v) is 17.7. The molecule has 4 rings (SSSR count). The maximum Gasteiger partial charge on any atom is 0.242 e. The average Bonchev–Trinajstić information content (AvgIpc) is 3.50. The fraction of sp³-hybridized carbons (Fsp3) is 0.360. The van der Waals surface area contributed by atoms with E-state index in [1.807, 2.05) is 23.2 Å². The smallest absolute Gasteiger partial charge is 0.242 e. The van der Waals surface area contributed by atoms with Crippen molar-refractivity contribution in [1.82, 2.24) is 14.8 Å². The largest absolute Gasteiger partial charge is 0.361 e. The summed E-state index contributed by atoms with van der Waals surface area (Å²) < 4.78 is 0. The van der Waals surface area contributed by atoms with Crippen molar-refractivity contribution in [2.24, 2.45) is 0 Å². The summed E-state index contributed by atoms with van der Waals surface area (Å²) in [5, 5.41) is 1.20. The van der Waals surface area contributed by atoms with E-state index in [0.29, 0.717) is 13.1 Å². The molecule has 156 valence electrons. The maximum absolute atomic E-state index is 13.2. The third-order valence-electron chi connectivity index (χ3n) is 5.87. The average molecular weight is 404 g/mol. The number of nitrogens with zero attached hydrogens (tertiary/aromatic N) is 2. The Hall–Kier alpha value is -3.08. The Morgan fingerprint density at radius 1 is 1.07 bits per heavy atom. The van der Waals surface area contributed by atoms with Crippen LogP contribution in [0.4, 0.5) is 0 Å². The van der Waals surface area contributed by atoms with Crippen LogP contribution in [0, 0.1) is 6.92 Å². The van der Waals surface area contributed by atoms with Crippen molar-refractivity contribution < 1.29 is 9.59 Å². The first-order valence-electron chi connectivity index (χ1n) is 10.7. The van der Waals surface area contributed by atoms with Gasteiger partial charge in [0.1, 0.15) is 6.54 Å². The number of hydrogen-bond donors (Lipinski definition) is 1. The summed E-state index contributed by atoms with van der Waals surface area (Å²) in [6.45, 7) is 4.95. The molecule has 5 heteroatoms. The second-order valence-electron chi connectivity index (χ2n) is 8.29. The van der Waals surface area contributed by atoms with Gasteiger partial charge in [-0.1, -0.05) is 48.0 Å². The number of amides is 2. The van der Waals surface area contributed by atoms with Crippen molar-refractivity contribution in [3.05, 3.63) is 71.4 Å². The summed E-state index contributed by atoms with van der Waals surface area (Å²) >= 11 is 0. The molecule has 1 saturated carbocycles. The number of carbonyl (C=O) groups excluding carboxylic acids is 2. The first kappa shape index (κ1) is 20.2. The number of fused-ring (bicyclic) bond motifs is 1. The van der Waals surface area contributed by atoms with Crippen LogP contribution in [0.2, 0.25) is 0 Å². The van der Waals surface area contributed by atoms with Crippen molar-refractivity contribution in [3.63, 3.8) is 0 Å². The van der Waals surface area contributed by atoms with Crippen LogP contribution in [0.15, 0.2) is 54.7 Å². The third-order valence-corrected chi connectivity index (χ3v) is 5.87. The molecule has 1 N–H and O–H groups in total. The molecule has 0 aliphatic heterocycles. The lowest BCUT2D eigenvalue weighted by Crippen LogP contribution is -2.43. The van der Waals surface area contributed by atoms with Crippen molar-refractivity contribution in [2.45, 2.75) is 45.7 Å². The number of hydrogen-bond acceptors (Lipinski definition) is 2. The molecule has 1 aromatic heterocycles. The van der Waals surface area contributed by atoms with E-state index in [-0.39, 0.29) is 24.4 Å². The van der Waals surface area contributed by atoms with Gasteiger partial charge in [0.25, 0.3) is 0 Å². The first-order chi connectivity index (χ1) is 14.5. The number of aryl methyl sites for hydroxylation is 1. The van der Waals surface area contributed by atoms with Crippen molar-refractivity contribution in [3.8, 4) is 0 Å². The third kappa shape index (κ3) is 4.73. The highest BCUT2D eigenvalue weighted by molar-refractivity contribution is 5.85. The van der Waals surface area contributed by atoms with Crippen LogP contribution in [0.1, 0.15) is 36.5 Å². The van der Waals surface area contributed by atoms with Crippen molar-refractivity contribution >= 4 is 22.7 Å². The predicted molar refractivity (Wildman–Crippen MR) is 119 cm³/mol. The molecule has 3 aromatic rings. The monoisotopic (exact) mass is 403 g/mol. The second-order valence-corrected chi connectivity index (χ2v) is 8.29. The number of H-pyrrole nitrogens is 1. The summed E-state index contributed by atoms with van der Waals surface area (Å²) in [5.74, 6) is -0.00437. The lowest BCUT2D eigenvalue weighted by molar-refractivity contribution is -0.140. The second kappa shape index (κ2) is 8.74. The van der Waals surface area contributed by atoms with Crippen LogP contribution in [0.3, 0.4) is 0 Å². The van der Waals surface area contributed by atoms with Crippen LogP contribution in [0.5, 0.6) is 0 Å². The number of rotatable bonds is 8. The van der Waals surface area contributed by atoms with E-state index < -0.39 is 0 Å². The zero-order chi connectivity index (χ0) is 21.1. The standard InChI is InChI=1S/C25H29N3O2/c1-18-7-9-20(10-8-18)16-27(25(30)17-28(19(2)29)22-11-12-22)14-13-21-15-26-24-6-4-3-5-23(21)24/h3-10,15,22,26H,11-14,16-17H2,1-2H3. The van der Waals surface area contributed by atoms with Gasteiger partial charge in [-0.3, -0.25) is 9.59 Å². The van der Waals surface area contributed by atoms with E-state index >= 15 is 0 Å². The van der Waals surface area contributed by atoms with Crippen LogP contribution < -0.4 is 0 Å². The summed E-state index contributed by atoms with van der Waals surface area (Å²) in [6.07, 6.45) is 4.80. The van der Waals surface area contributed by atoms with Crippen molar-refractivity contribution in [1.29, 1.82) is 0 Å². The Morgan fingerprint density at radius 3 is 2.50 bits per heavy atom. The highest BCUT2D eigenvalue weighted by Crippen LogP contribution is 2.27. The van der Waals surface area contributed by atoms with E-state index in [1.165, 1.54) is 16.5 Å². The molecule has 1 aliphatic rings. The summed E-state index contributed by atoms with van der Waals surface area (Å²) in [6, 6.07) is 16.8. The lowest BCUT2D eigenvalue weighted by atomic mass is 10.1. The van der Waals surface area contributed by atoms with Gasteiger partial charge in [-0.05, 0) is 43.4 Å². The highest BCUT2D eigenvalue weighted by atomic mass is 16.2. The summed E-state index contributed by atoms with van der Waals surface area (Å²) in [4.78, 5) is 32.2. The molecule has 2 amide bonds. The molecule has 0 bridgehead atoms. The Morgan fingerprint density at radius 2 is 1.80 bits per heavy atom. The first-order valence-corrected chi connectivity index (χ1v) is 10.7. The maximum atomic E-state index is 13.2. The van der Waals surface area contributed by atoms with Gasteiger partial charge in [0, 0.05) is 43.2 Å². The minimum Gasteiger partial charge on any atom is -0.361 e. The normalized spacial score (nSPS) is 13.4. The molecule has 0 spiro atoms. The SMILES string of the molecule is CC(=O)N(CC(=O)N(CCc1c[nH]c2ccccc12)Cc1ccc(C)cc1)C1CC1. The van der Waals surface area contributed by atoms with Gasteiger partial charge in [0.15, 0.2) is 0 Å². The van der Waals surface area contributed by atoms with E-state index in [0.717, 1.165) is 30.3 Å². The number of nitrogens with one attached hydrogen (secondary N) is 1. The molecule has 1 heterocycles. The van der Waals surface area contributed by atoms with Gasteiger partial charge < -0.3 is 14.8 Å². The van der Waals surface area contributed by atoms with Gasteiger partial charge in [0.2, 0.25) is 11.8 Å². The quantitative estimate of drug-likeness (QED) is 0.617. The Bertz CT molecular complexity index is 1030. The zero-order valence-electron chi connectivity index (χ0n) is 17.7. The summed E-state index contributed by atoms with van der Waals surface area (Å²) in [7, 11) is 0. The van der Waals surface area contributed by atoms with E-state index in [2.05, 4.69) is 48.3 Å². The van der Waals surface area contributed by atoms with Crippen LogP contribution >= 0.6 is 0 Å². The number of aromatic nitrogens is 1. The molecule has 1 fully saturated rings. The number of para-hydroxylation sites is 1. The Kier molecular flexibility index (Phi) is 5.88. The van der Waals surface area contributed by atoms with Gasteiger partial charge in [0.05, 0.1) is 0 Å². The number of aromatic amines is 1. The lowest BCUT2D eigenvalue weighted by Gasteiger charge is -2.27. The van der Waals surface area contributed by atoms with E-state index in [1.54, 1.807) is 11.8 Å². The van der Waals surface area contributed by atoms with E-state index in [9.17, 15) is 9.59 Å². The molecule has 0 radical (unpaired) electrons. The minimum atomic E-state index is -0.0160. The number of benzene rings is 2. The van der Waals surface area contributed by atoms with Crippen molar-refractivity contribution in [2.75, 3.05) is 13.1 Å². The molecule has 2 aromatic carbocycles. The van der Waals surface area contributed by atoms with Crippen LogP contribution in [-0.2, 0) is 22.6 Å².